The number of fused-ring (bicyclic) bond motifs is 1. The summed E-state index contributed by atoms with van der Waals surface area (Å²) in [6, 6.07) is 11.5. The number of carbonyl (C=O) groups excluding carboxylic acids is 1. The van der Waals surface area contributed by atoms with Gasteiger partial charge >= 0.3 is 5.63 Å². The molecule has 27 heavy (non-hydrogen) atoms. The van der Waals surface area contributed by atoms with Crippen molar-refractivity contribution < 1.29 is 23.8 Å². The minimum absolute atomic E-state index is 0.0170. The number of halogens is 1. The van der Waals surface area contributed by atoms with Gasteiger partial charge < -0.3 is 23.8 Å². The molecule has 1 aromatic heterocycles. The van der Waals surface area contributed by atoms with Crippen LogP contribution in [0.5, 0.6) is 11.5 Å². The predicted molar refractivity (Wildman–Crippen MR) is 97.5 cm³/mol. The lowest BCUT2D eigenvalue weighted by molar-refractivity contribution is -0.307. The number of hydrogen-bond donors (Lipinski definition) is 0. The van der Waals surface area contributed by atoms with Crippen LogP contribution in [-0.4, -0.2) is 24.7 Å². The molecule has 0 aliphatic carbocycles. The summed E-state index contributed by atoms with van der Waals surface area (Å²) in [5, 5.41) is 11.0. The lowest BCUT2D eigenvalue weighted by atomic mass is 10.2. The fraction of sp³-hybridized carbons (Fsp3) is 0.105. The summed E-state index contributed by atoms with van der Waals surface area (Å²) in [6.07, 6.45) is 1.53. The number of carboxylic acids is 1. The molecule has 0 saturated heterocycles. The Bertz CT molecular complexity index is 1090. The summed E-state index contributed by atoms with van der Waals surface area (Å²) in [6.45, 7) is -0.599. The third-order valence-corrected chi connectivity index (χ3v) is 3.84. The van der Waals surface area contributed by atoms with Gasteiger partial charge in [0.2, 0.25) is 5.89 Å². The third-order valence-electron chi connectivity index (χ3n) is 3.57. The number of hydrogen-bond acceptors (Lipinski definition) is 7. The molecule has 3 aromatic rings. The highest BCUT2D eigenvalue weighted by Gasteiger charge is 2.10. The van der Waals surface area contributed by atoms with Crippen molar-refractivity contribution in [1.82, 2.24) is 4.98 Å². The van der Waals surface area contributed by atoms with Crippen LogP contribution in [0, 0.1) is 0 Å². The number of ether oxygens (including phenoxy) is 2. The first-order chi connectivity index (χ1) is 13.0. The van der Waals surface area contributed by atoms with E-state index in [1.807, 2.05) is 0 Å². The van der Waals surface area contributed by atoms with Crippen LogP contribution < -0.4 is 20.2 Å². The molecular formula is C19H13ClNO6-. The Balaban J connectivity index is 1.94. The molecule has 0 unspecified atom stereocenters. The molecule has 2 aromatic carbocycles. The van der Waals surface area contributed by atoms with Crippen LogP contribution in [0.4, 0.5) is 0 Å². The van der Waals surface area contributed by atoms with Crippen molar-refractivity contribution in [3.8, 4) is 11.5 Å². The summed E-state index contributed by atoms with van der Waals surface area (Å²) in [7, 11) is 1.42. The van der Waals surface area contributed by atoms with Crippen LogP contribution >= 0.6 is 11.6 Å². The highest BCUT2D eigenvalue weighted by atomic mass is 35.5. The maximum absolute atomic E-state index is 12.0. The number of methoxy groups -OCH3 is 1. The maximum Gasteiger partial charge on any atom is 0.347 e. The number of aliphatic carboxylic acids is 1. The Morgan fingerprint density at radius 3 is 2.78 bits per heavy atom. The summed E-state index contributed by atoms with van der Waals surface area (Å²) >= 11 is 6.26. The number of carboxylic acid groups (broad SMARTS) is 1. The highest BCUT2D eigenvalue weighted by molar-refractivity contribution is 6.50. The highest BCUT2D eigenvalue weighted by Crippen LogP contribution is 2.30. The lowest BCUT2D eigenvalue weighted by Crippen LogP contribution is -2.29. The third kappa shape index (κ3) is 4.27. The number of para-hydroxylation sites is 1. The van der Waals surface area contributed by atoms with Gasteiger partial charge in [-0.2, -0.15) is 0 Å². The quantitative estimate of drug-likeness (QED) is 0.639. The second-order valence-electron chi connectivity index (χ2n) is 5.39. The van der Waals surface area contributed by atoms with Crippen molar-refractivity contribution in [2.75, 3.05) is 13.7 Å². The van der Waals surface area contributed by atoms with Crippen molar-refractivity contribution in [1.29, 1.82) is 0 Å². The summed E-state index contributed by atoms with van der Waals surface area (Å²) < 4.78 is 15.4. The Kier molecular flexibility index (Phi) is 5.42. The van der Waals surface area contributed by atoms with E-state index in [-0.39, 0.29) is 16.7 Å². The summed E-state index contributed by atoms with van der Waals surface area (Å²) in [4.78, 5) is 26.8. The van der Waals surface area contributed by atoms with Crippen LogP contribution in [0.15, 0.2) is 51.7 Å². The van der Waals surface area contributed by atoms with Gasteiger partial charge in [-0.25, -0.2) is 9.78 Å². The van der Waals surface area contributed by atoms with E-state index < -0.39 is 18.2 Å². The van der Waals surface area contributed by atoms with E-state index in [9.17, 15) is 14.7 Å². The molecule has 0 saturated carbocycles. The van der Waals surface area contributed by atoms with Crippen LogP contribution in [0.1, 0.15) is 11.5 Å². The Labute approximate surface area is 158 Å². The molecule has 0 spiro atoms. The van der Waals surface area contributed by atoms with Crippen molar-refractivity contribution in [3.63, 3.8) is 0 Å². The average molecular weight is 387 g/mol. The first-order valence-corrected chi connectivity index (χ1v) is 8.14. The van der Waals surface area contributed by atoms with Gasteiger partial charge in [0.1, 0.15) is 11.6 Å². The summed E-state index contributed by atoms with van der Waals surface area (Å²) in [5.41, 5.74) is 0.542. The SMILES string of the molecule is COc1cc(/C=C(\Cl)c2nc3ccccc3c(=O)o2)ccc1OCC(=O)[O-]. The molecular weight excluding hydrogens is 374 g/mol. The first-order valence-electron chi connectivity index (χ1n) is 7.76. The molecule has 0 aliphatic rings. The van der Waals surface area contributed by atoms with Crippen molar-refractivity contribution in [2.24, 2.45) is 0 Å². The van der Waals surface area contributed by atoms with Crippen LogP contribution in [-0.2, 0) is 4.79 Å². The second kappa shape index (κ2) is 7.92. The van der Waals surface area contributed by atoms with E-state index in [4.69, 9.17) is 25.5 Å². The van der Waals surface area contributed by atoms with Gasteiger partial charge in [-0.15, -0.1) is 0 Å². The van der Waals surface area contributed by atoms with Gasteiger partial charge in [0.25, 0.3) is 0 Å². The largest absolute Gasteiger partial charge is 0.546 e. The molecule has 8 heteroatoms. The van der Waals surface area contributed by atoms with Gasteiger partial charge in [0, 0.05) is 0 Å². The van der Waals surface area contributed by atoms with Crippen LogP contribution in [0.3, 0.4) is 0 Å². The lowest BCUT2D eigenvalue weighted by Gasteiger charge is -2.11. The molecule has 0 bridgehead atoms. The standard InChI is InChI=1S/C19H14ClNO6/c1-25-16-9-11(6-7-15(16)26-10-17(22)23)8-13(20)18-21-14-5-3-2-4-12(14)19(24)27-18/h2-9H,10H2,1H3,(H,22,23)/p-1/b13-8-. The molecule has 0 radical (unpaired) electrons. The topological polar surface area (TPSA) is 102 Å². The van der Waals surface area contributed by atoms with Gasteiger partial charge in [-0.3, -0.25) is 0 Å². The molecule has 0 fully saturated rings. The van der Waals surface area contributed by atoms with E-state index in [0.717, 1.165) is 0 Å². The van der Waals surface area contributed by atoms with E-state index in [1.165, 1.54) is 19.3 Å². The zero-order chi connectivity index (χ0) is 19.4. The van der Waals surface area contributed by atoms with Crippen molar-refractivity contribution in [2.45, 2.75) is 0 Å². The van der Waals surface area contributed by atoms with Gasteiger partial charge in [-0.1, -0.05) is 29.8 Å². The molecule has 0 N–H and O–H groups in total. The normalized spacial score (nSPS) is 11.4. The van der Waals surface area contributed by atoms with Crippen LogP contribution in [0.25, 0.3) is 22.0 Å². The molecule has 0 amide bonds. The Hall–Kier alpha value is -3.32. The number of rotatable bonds is 6. The van der Waals surface area contributed by atoms with Gasteiger partial charge in [0.05, 0.1) is 24.0 Å². The predicted octanol–water partition coefficient (Wildman–Crippen LogP) is 2.06. The molecule has 138 valence electrons. The molecule has 0 atom stereocenters. The molecule has 0 aliphatic heterocycles. The van der Waals surface area contributed by atoms with E-state index >= 15 is 0 Å². The Morgan fingerprint density at radius 1 is 1.26 bits per heavy atom. The number of aromatic nitrogens is 1. The van der Waals surface area contributed by atoms with Crippen LogP contribution in [0.2, 0.25) is 0 Å². The van der Waals surface area contributed by atoms with E-state index in [1.54, 1.807) is 36.4 Å². The smallest absolute Gasteiger partial charge is 0.347 e. The minimum Gasteiger partial charge on any atom is -0.546 e. The molecule has 1 heterocycles. The monoisotopic (exact) mass is 386 g/mol. The first kappa shape index (κ1) is 18.5. The maximum atomic E-state index is 12.0. The Morgan fingerprint density at radius 2 is 2.04 bits per heavy atom. The van der Waals surface area contributed by atoms with E-state index in [0.29, 0.717) is 22.2 Å². The van der Waals surface area contributed by atoms with Crippen molar-refractivity contribution in [3.05, 3.63) is 64.3 Å². The van der Waals surface area contributed by atoms with Gasteiger partial charge in [-0.05, 0) is 35.9 Å². The average Bonchev–Trinajstić information content (AvgIpc) is 2.66. The number of nitrogens with zero attached hydrogens (tertiary/aromatic N) is 1. The number of carbonyl (C=O) groups is 1. The van der Waals surface area contributed by atoms with Gasteiger partial charge in [0.15, 0.2) is 11.5 Å². The zero-order valence-corrected chi connectivity index (χ0v) is 14.9. The molecule has 7 nitrogen and oxygen atoms in total. The fourth-order valence-electron chi connectivity index (χ4n) is 2.36. The fourth-order valence-corrected chi connectivity index (χ4v) is 2.57. The number of benzene rings is 2. The molecule has 3 rings (SSSR count). The summed E-state index contributed by atoms with van der Waals surface area (Å²) in [5.74, 6) is -0.814. The minimum atomic E-state index is -1.35. The van der Waals surface area contributed by atoms with E-state index in [2.05, 4.69) is 4.98 Å². The second-order valence-corrected chi connectivity index (χ2v) is 5.79. The van der Waals surface area contributed by atoms with Crippen molar-refractivity contribution >= 4 is 39.6 Å². The zero-order valence-electron chi connectivity index (χ0n) is 14.1.